The fraction of sp³-hybridized carbons (Fsp3) is 0.667. The van der Waals surface area contributed by atoms with E-state index in [1.54, 1.807) is 0 Å². The zero-order chi connectivity index (χ0) is 16.9. The summed E-state index contributed by atoms with van der Waals surface area (Å²) in [6.45, 7) is 18.9. The smallest absolute Gasteiger partial charge is 0.374 e. The third-order valence-corrected chi connectivity index (χ3v) is 7.61. The highest BCUT2D eigenvalue weighted by atomic mass is 28.4. The van der Waals surface area contributed by atoms with Gasteiger partial charge in [0, 0.05) is 25.9 Å². The zero-order valence-corrected chi connectivity index (χ0v) is 16.6. The molecule has 0 aromatic heterocycles. The van der Waals surface area contributed by atoms with Gasteiger partial charge in [-0.3, -0.25) is 0 Å². The maximum absolute atomic E-state index is 6.03. The van der Waals surface area contributed by atoms with Gasteiger partial charge in [-0.2, -0.15) is 0 Å². The molecular weight excluding hydrogens is 292 g/mol. The molecular formula is C18H32O3Si. The summed E-state index contributed by atoms with van der Waals surface area (Å²) in [7, 11) is -2.66. The Morgan fingerprint density at radius 1 is 0.591 bits per heavy atom. The van der Waals surface area contributed by atoms with Crippen molar-refractivity contribution in [2.75, 3.05) is 19.8 Å². The van der Waals surface area contributed by atoms with Crippen LogP contribution in [0.4, 0.5) is 0 Å². The highest BCUT2D eigenvalue weighted by Crippen LogP contribution is 2.29. The summed E-state index contributed by atoms with van der Waals surface area (Å²) in [5, 5.41) is 0. The first kappa shape index (κ1) is 19.4. The minimum Gasteiger partial charge on any atom is -0.374 e. The Bertz CT molecular complexity index is 466. The molecule has 0 N–H and O–H groups in total. The molecule has 0 saturated heterocycles. The van der Waals surface area contributed by atoms with Gasteiger partial charge in [0.2, 0.25) is 0 Å². The molecule has 126 valence electrons. The van der Waals surface area contributed by atoms with E-state index in [1.807, 2.05) is 20.8 Å². The van der Waals surface area contributed by atoms with E-state index in [4.69, 9.17) is 13.3 Å². The monoisotopic (exact) mass is 324 g/mol. The summed E-state index contributed by atoms with van der Waals surface area (Å²) in [5.74, 6) is 0. The third-order valence-electron chi connectivity index (χ3n) is 4.64. The third kappa shape index (κ3) is 3.99. The van der Waals surface area contributed by atoms with E-state index in [1.165, 1.54) is 33.4 Å². The average Bonchev–Trinajstić information content (AvgIpc) is 2.48. The van der Waals surface area contributed by atoms with Crippen molar-refractivity contribution in [2.24, 2.45) is 0 Å². The number of rotatable bonds is 8. The molecule has 0 amide bonds. The highest BCUT2D eigenvalue weighted by molar-refractivity contribution is 6.60. The first-order valence-corrected chi connectivity index (χ1v) is 10.2. The molecule has 3 nitrogen and oxygen atoms in total. The van der Waals surface area contributed by atoms with Gasteiger partial charge in [-0.15, -0.1) is 0 Å². The molecule has 0 bridgehead atoms. The van der Waals surface area contributed by atoms with Crippen molar-refractivity contribution >= 4 is 8.80 Å². The molecule has 4 heteroatoms. The topological polar surface area (TPSA) is 27.7 Å². The molecule has 22 heavy (non-hydrogen) atoms. The van der Waals surface area contributed by atoms with Crippen LogP contribution in [0.5, 0.6) is 0 Å². The summed E-state index contributed by atoms with van der Waals surface area (Å²) in [5.41, 5.74) is 8.14. The minimum absolute atomic E-state index is 0.619. The van der Waals surface area contributed by atoms with Gasteiger partial charge in [0.05, 0.1) is 0 Å². The van der Waals surface area contributed by atoms with Crippen molar-refractivity contribution in [1.82, 2.24) is 0 Å². The molecule has 0 unspecified atom stereocenters. The van der Waals surface area contributed by atoms with Crippen LogP contribution in [0.25, 0.3) is 0 Å². The first-order chi connectivity index (χ1) is 10.3. The van der Waals surface area contributed by atoms with Crippen molar-refractivity contribution in [1.29, 1.82) is 0 Å². The maximum atomic E-state index is 6.03. The lowest BCUT2D eigenvalue weighted by molar-refractivity contribution is 0.0703. The number of benzene rings is 1. The van der Waals surface area contributed by atoms with Crippen LogP contribution in [0, 0.1) is 34.6 Å². The van der Waals surface area contributed by atoms with Crippen molar-refractivity contribution < 1.29 is 13.3 Å². The van der Waals surface area contributed by atoms with E-state index in [-0.39, 0.29) is 0 Å². The van der Waals surface area contributed by atoms with E-state index in [0.29, 0.717) is 19.8 Å². The van der Waals surface area contributed by atoms with Gasteiger partial charge in [0.1, 0.15) is 0 Å². The molecule has 0 heterocycles. The summed E-state index contributed by atoms with van der Waals surface area (Å²) in [6.07, 6.45) is 0. The lowest BCUT2D eigenvalue weighted by atomic mass is 9.90. The molecule has 0 aliphatic rings. The predicted molar refractivity (Wildman–Crippen MR) is 94.5 cm³/mol. The van der Waals surface area contributed by atoms with Gasteiger partial charge in [-0.25, -0.2) is 0 Å². The van der Waals surface area contributed by atoms with Crippen LogP contribution in [-0.2, 0) is 19.3 Å². The Hall–Kier alpha value is -0.683. The van der Waals surface area contributed by atoms with E-state index < -0.39 is 8.80 Å². The highest BCUT2D eigenvalue weighted by Gasteiger charge is 2.41. The number of hydrogen-bond acceptors (Lipinski definition) is 3. The second-order valence-corrected chi connectivity index (χ2v) is 8.35. The quantitative estimate of drug-likeness (QED) is 0.665. The Morgan fingerprint density at radius 3 is 1.23 bits per heavy atom. The summed E-state index contributed by atoms with van der Waals surface area (Å²) < 4.78 is 18.1. The summed E-state index contributed by atoms with van der Waals surface area (Å²) in [4.78, 5) is 0. The normalized spacial score (nSPS) is 12.0. The SMILES string of the molecule is CCO[Si](Cc1c(C)c(C)c(C)c(C)c1C)(OCC)OCC. The van der Waals surface area contributed by atoms with E-state index in [0.717, 1.165) is 6.04 Å². The Kier molecular flexibility index (Phi) is 7.26. The molecule has 0 atom stereocenters. The van der Waals surface area contributed by atoms with Crippen LogP contribution in [0.3, 0.4) is 0 Å². The van der Waals surface area contributed by atoms with Crippen molar-refractivity contribution in [3.05, 3.63) is 33.4 Å². The minimum atomic E-state index is -2.66. The standard InChI is InChI=1S/C18H32O3Si/c1-9-19-22(20-10-2,21-11-3)12-18-16(7)14(5)13(4)15(6)17(18)8/h9-12H2,1-8H3. The Balaban J connectivity index is 3.34. The zero-order valence-electron chi connectivity index (χ0n) is 15.6. The van der Waals surface area contributed by atoms with Gasteiger partial charge >= 0.3 is 8.80 Å². The lowest BCUT2D eigenvalue weighted by Gasteiger charge is -2.30. The summed E-state index contributed by atoms with van der Waals surface area (Å²) >= 11 is 0. The van der Waals surface area contributed by atoms with Crippen LogP contribution in [0.2, 0.25) is 0 Å². The molecule has 0 spiro atoms. The molecule has 1 rings (SSSR count). The summed E-state index contributed by atoms with van der Waals surface area (Å²) in [6, 6.07) is 0.752. The van der Waals surface area contributed by atoms with E-state index in [2.05, 4.69) is 34.6 Å². The average molecular weight is 325 g/mol. The van der Waals surface area contributed by atoms with Crippen LogP contribution in [0.15, 0.2) is 0 Å². The molecule has 0 aliphatic carbocycles. The predicted octanol–water partition coefficient (Wildman–Crippen LogP) is 4.36. The van der Waals surface area contributed by atoms with Gasteiger partial charge in [0.15, 0.2) is 0 Å². The molecule has 1 aromatic rings. The largest absolute Gasteiger partial charge is 0.505 e. The molecule has 0 radical (unpaired) electrons. The molecule has 0 fully saturated rings. The molecule has 1 aromatic carbocycles. The Labute approximate surface area is 137 Å². The van der Waals surface area contributed by atoms with E-state index >= 15 is 0 Å². The molecule has 0 aliphatic heterocycles. The van der Waals surface area contributed by atoms with Gasteiger partial charge in [-0.1, -0.05) is 0 Å². The van der Waals surface area contributed by atoms with Crippen molar-refractivity contribution in [2.45, 2.75) is 61.4 Å². The van der Waals surface area contributed by atoms with Crippen LogP contribution in [-0.4, -0.2) is 28.6 Å². The second kappa shape index (κ2) is 8.25. The Morgan fingerprint density at radius 2 is 0.909 bits per heavy atom. The van der Waals surface area contributed by atoms with Crippen LogP contribution in [0.1, 0.15) is 54.2 Å². The van der Waals surface area contributed by atoms with Gasteiger partial charge in [-0.05, 0) is 88.8 Å². The van der Waals surface area contributed by atoms with Crippen molar-refractivity contribution in [3.63, 3.8) is 0 Å². The van der Waals surface area contributed by atoms with Crippen molar-refractivity contribution in [3.8, 4) is 0 Å². The fourth-order valence-electron chi connectivity index (χ4n) is 3.00. The first-order valence-electron chi connectivity index (χ1n) is 8.31. The van der Waals surface area contributed by atoms with Gasteiger partial charge in [0.25, 0.3) is 0 Å². The van der Waals surface area contributed by atoms with E-state index in [9.17, 15) is 0 Å². The lowest BCUT2D eigenvalue weighted by Crippen LogP contribution is -2.49. The van der Waals surface area contributed by atoms with Crippen LogP contribution >= 0.6 is 0 Å². The van der Waals surface area contributed by atoms with Gasteiger partial charge < -0.3 is 13.3 Å². The maximum Gasteiger partial charge on any atom is 0.505 e. The second-order valence-electron chi connectivity index (χ2n) is 5.76. The number of hydrogen-bond donors (Lipinski definition) is 0. The fourth-order valence-corrected chi connectivity index (χ4v) is 5.84. The molecule has 0 saturated carbocycles. The van der Waals surface area contributed by atoms with Crippen LogP contribution < -0.4 is 0 Å².